The summed E-state index contributed by atoms with van der Waals surface area (Å²) in [6, 6.07) is 6.84. The topological polar surface area (TPSA) is 73.8 Å². The van der Waals surface area contributed by atoms with Gasteiger partial charge in [0.2, 0.25) is 10.0 Å². The maximum Gasteiger partial charge on any atom is 0.243 e. The molecule has 1 aromatic carbocycles. The van der Waals surface area contributed by atoms with E-state index in [1.807, 2.05) is 26.0 Å². The SMILES string of the molecule is CN=C(NCc1ccc(S(=O)(=O)N(C)C(C)C)cc1)NC(C)(C)C.I. The van der Waals surface area contributed by atoms with Crippen LogP contribution in [-0.2, 0) is 16.6 Å². The molecule has 25 heavy (non-hydrogen) atoms. The Hall–Kier alpha value is -0.870. The quantitative estimate of drug-likeness (QED) is 0.385. The second kappa shape index (κ2) is 9.72. The number of nitrogens with one attached hydrogen (secondary N) is 2. The molecule has 144 valence electrons. The van der Waals surface area contributed by atoms with Crippen molar-refractivity contribution in [2.24, 2.45) is 4.99 Å². The Kier molecular flexibility index (Phi) is 9.39. The van der Waals surface area contributed by atoms with Gasteiger partial charge in [0.15, 0.2) is 5.96 Å². The highest BCUT2D eigenvalue weighted by molar-refractivity contribution is 14.0. The summed E-state index contributed by atoms with van der Waals surface area (Å²) in [5.74, 6) is 0.707. The van der Waals surface area contributed by atoms with Gasteiger partial charge in [0.25, 0.3) is 0 Å². The monoisotopic (exact) mass is 482 g/mol. The molecule has 0 aliphatic rings. The molecule has 0 aromatic heterocycles. The molecule has 0 amide bonds. The van der Waals surface area contributed by atoms with Crippen molar-refractivity contribution in [1.29, 1.82) is 0 Å². The van der Waals surface area contributed by atoms with E-state index in [9.17, 15) is 8.42 Å². The fourth-order valence-electron chi connectivity index (χ4n) is 1.94. The number of benzene rings is 1. The van der Waals surface area contributed by atoms with Gasteiger partial charge >= 0.3 is 0 Å². The van der Waals surface area contributed by atoms with Crippen LogP contribution in [0.1, 0.15) is 40.2 Å². The Balaban J connectivity index is 0.00000576. The molecule has 0 spiro atoms. The first kappa shape index (κ1) is 24.1. The third-order valence-electron chi connectivity index (χ3n) is 3.50. The minimum atomic E-state index is -3.44. The van der Waals surface area contributed by atoms with Crippen LogP contribution < -0.4 is 10.6 Å². The molecule has 0 atom stereocenters. The molecule has 0 radical (unpaired) electrons. The molecule has 0 aliphatic heterocycles. The van der Waals surface area contributed by atoms with E-state index in [0.29, 0.717) is 17.4 Å². The Morgan fingerprint density at radius 2 is 1.72 bits per heavy atom. The van der Waals surface area contributed by atoms with E-state index in [1.54, 1.807) is 26.2 Å². The minimum absolute atomic E-state index is 0. The summed E-state index contributed by atoms with van der Waals surface area (Å²) in [7, 11) is -0.123. The number of rotatable bonds is 5. The Bertz CT molecular complexity index is 665. The van der Waals surface area contributed by atoms with Crippen molar-refractivity contribution in [3.05, 3.63) is 29.8 Å². The van der Waals surface area contributed by atoms with Gasteiger partial charge in [-0.3, -0.25) is 4.99 Å². The Labute approximate surface area is 169 Å². The first-order chi connectivity index (χ1) is 11.0. The summed E-state index contributed by atoms with van der Waals surface area (Å²) in [5, 5.41) is 6.50. The summed E-state index contributed by atoms with van der Waals surface area (Å²) < 4.78 is 26.2. The van der Waals surface area contributed by atoms with Gasteiger partial charge in [0.05, 0.1) is 4.90 Å². The predicted octanol–water partition coefficient (Wildman–Crippen LogP) is 2.80. The summed E-state index contributed by atoms with van der Waals surface area (Å²) in [6.45, 7) is 10.4. The first-order valence-corrected chi connectivity index (χ1v) is 9.47. The van der Waals surface area contributed by atoms with E-state index >= 15 is 0 Å². The molecular formula is C17H31IN4O2S. The van der Waals surface area contributed by atoms with E-state index < -0.39 is 10.0 Å². The highest BCUT2D eigenvalue weighted by atomic mass is 127. The lowest BCUT2D eigenvalue weighted by molar-refractivity contribution is 0.410. The van der Waals surface area contributed by atoms with E-state index in [0.717, 1.165) is 5.56 Å². The molecule has 0 fully saturated rings. The van der Waals surface area contributed by atoms with Crippen LogP contribution in [0.2, 0.25) is 0 Å². The zero-order valence-corrected chi connectivity index (χ0v) is 19.3. The second-order valence-corrected chi connectivity index (χ2v) is 9.06. The number of halogens is 1. The molecular weight excluding hydrogens is 451 g/mol. The number of guanidine groups is 1. The highest BCUT2D eigenvalue weighted by Gasteiger charge is 2.22. The van der Waals surface area contributed by atoms with Gasteiger partial charge in [-0.2, -0.15) is 4.31 Å². The molecule has 6 nitrogen and oxygen atoms in total. The third-order valence-corrected chi connectivity index (χ3v) is 5.55. The van der Waals surface area contributed by atoms with Crippen LogP contribution in [0.15, 0.2) is 34.2 Å². The second-order valence-electron chi connectivity index (χ2n) is 7.06. The molecule has 0 aliphatic carbocycles. The molecule has 1 aromatic rings. The van der Waals surface area contributed by atoms with Crippen LogP contribution in [0.4, 0.5) is 0 Å². The van der Waals surface area contributed by atoms with Crippen molar-refractivity contribution >= 4 is 40.0 Å². The van der Waals surface area contributed by atoms with Gasteiger partial charge in [-0.1, -0.05) is 12.1 Å². The van der Waals surface area contributed by atoms with Gasteiger partial charge in [-0.15, -0.1) is 24.0 Å². The summed E-state index contributed by atoms with van der Waals surface area (Å²) >= 11 is 0. The number of aliphatic imine (C=N–C) groups is 1. The zero-order valence-electron chi connectivity index (χ0n) is 16.1. The average molecular weight is 482 g/mol. The number of hydrogen-bond acceptors (Lipinski definition) is 3. The maximum absolute atomic E-state index is 12.4. The van der Waals surface area contributed by atoms with Gasteiger partial charge in [-0.05, 0) is 52.3 Å². The largest absolute Gasteiger partial charge is 0.352 e. The Morgan fingerprint density at radius 3 is 2.12 bits per heavy atom. The van der Waals surface area contributed by atoms with Crippen molar-refractivity contribution in [2.45, 2.75) is 57.6 Å². The molecule has 1 rings (SSSR count). The van der Waals surface area contributed by atoms with Crippen molar-refractivity contribution in [3.8, 4) is 0 Å². The van der Waals surface area contributed by atoms with Crippen molar-refractivity contribution < 1.29 is 8.42 Å². The standard InChI is InChI=1S/C17H30N4O2S.HI/c1-13(2)21(7)24(22,23)15-10-8-14(9-11-15)12-19-16(18-6)20-17(3,4)5;/h8-11,13H,12H2,1-7H3,(H2,18,19,20);1H. The van der Waals surface area contributed by atoms with Crippen LogP contribution in [0, 0.1) is 0 Å². The van der Waals surface area contributed by atoms with Crippen LogP contribution in [0.3, 0.4) is 0 Å². The van der Waals surface area contributed by atoms with E-state index in [1.165, 1.54) is 4.31 Å². The fourth-order valence-corrected chi connectivity index (χ4v) is 3.31. The summed E-state index contributed by atoms with van der Waals surface area (Å²) in [5.41, 5.74) is 0.902. The molecule has 0 saturated carbocycles. The lowest BCUT2D eigenvalue weighted by Gasteiger charge is -2.24. The molecule has 0 heterocycles. The summed E-state index contributed by atoms with van der Waals surface area (Å²) in [4.78, 5) is 4.48. The molecule has 2 N–H and O–H groups in total. The normalized spacial score (nSPS) is 12.9. The minimum Gasteiger partial charge on any atom is -0.352 e. The number of nitrogens with zero attached hydrogens (tertiary/aromatic N) is 2. The van der Waals surface area contributed by atoms with E-state index in [4.69, 9.17) is 0 Å². The van der Waals surface area contributed by atoms with Gasteiger partial charge in [0.1, 0.15) is 0 Å². The maximum atomic E-state index is 12.4. The van der Waals surface area contributed by atoms with Gasteiger partial charge in [-0.25, -0.2) is 8.42 Å². The first-order valence-electron chi connectivity index (χ1n) is 8.03. The zero-order chi connectivity index (χ0) is 18.5. The molecule has 0 unspecified atom stereocenters. The van der Waals surface area contributed by atoms with Crippen LogP contribution in [0.5, 0.6) is 0 Å². The number of sulfonamides is 1. The lowest BCUT2D eigenvalue weighted by atomic mass is 10.1. The van der Waals surface area contributed by atoms with Crippen molar-refractivity contribution in [2.75, 3.05) is 14.1 Å². The van der Waals surface area contributed by atoms with E-state index in [2.05, 4.69) is 36.4 Å². The number of hydrogen-bond donors (Lipinski definition) is 2. The van der Waals surface area contributed by atoms with Crippen molar-refractivity contribution in [1.82, 2.24) is 14.9 Å². The molecule has 0 bridgehead atoms. The van der Waals surface area contributed by atoms with E-state index in [-0.39, 0.29) is 35.6 Å². The van der Waals surface area contributed by atoms with Crippen LogP contribution in [-0.4, -0.2) is 44.4 Å². The lowest BCUT2D eigenvalue weighted by Crippen LogP contribution is -2.47. The predicted molar refractivity (Wildman–Crippen MR) is 115 cm³/mol. The Morgan fingerprint density at radius 1 is 1.20 bits per heavy atom. The van der Waals surface area contributed by atoms with Crippen LogP contribution in [0.25, 0.3) is 0 Å². The highest BCUT2D eigenvalue weighted by Crippen LogP contribution is 2.17. The van der Waals surface area contributed by atoms with Crippen LogP contribution >= 0.6 is 24.0 Å². The van der Waals surface area contributed by atoms with Gasteiger partial charge < -0.3 is 10.6 Å². The smallest absolute Gasteiger partial charge is 0.243 e. The molecule has 8 heteroatoms. The summed E-state index contributed by atoms with van der Waals surface area (Å²) in [6.07, 6.45) is 0. The van der Waals surface area contributed by atoms with Crippen molar-refractivity contribution in [3.63, 3.8) is 0 Å². The van der Waals surface area contributed by atoms with Gasteiger partial charge in [0, 0.05) is 32.2 Å². The fraction of sp³-hybridized carbons (Fsp3) is 0.588. The third kappa shape index (κ3) is 7.49. The average Bonchev–Trinajstić information content (AvgIpc) is 2.49. The molecule has 0 saturated heterocycles.